The maximum Gasteiger partial charge on any atom is 0.407 e. The van der Waals surface area contributed by atoms with Crippen LogP contribution in [0.5, 0.6) is 0 Å². The third kappa shape index (κ3) is 4.29. The highest BCUT2D eigenvalue weighted by Crippen LogP contribution is 2.37. The fourth-order valence-electron chi connectivity index (χ4n) is 3.70. The lowest BCUT2D eigenvalue weighted by Gasteiger charge is -2.53. The summed E-state index contributed by atoms with van der Waals surface area (Å²) >= 11 is 0. The van der Waals surface area contributed by atoms with Crippen molar-refractivity contribution >= 4 is 6.09 Å². The number of rotatable bonds is 5. The zero-order chi connectivity index (χ0) is 17.8. The van der Waals surface area contributed by atoms with Gasteiger partial charge in [0.05, 0.1) is 0 Å². The van der Waals surface area contributed by atoms with Gasteiger partial charge >= 0.3 is 6.09 Å². The molecule has 4 nitrogen and oxygen atoms in total. The van der Waals surface area contributed by atoms with Gasteiger partial charge in [0.25, 0.3) is 0 Å². The van der Waals surface area contributed by atoms with Gasteiger partial charge in [0.1, 0.15) is 6.61 Å². The molecule has 1 saturated heterocycles. The smallest absolute Gasteiger partial charge is 0.407 e. The molecule has 0 saturated carbocycles. The molecular weight excluding hydrogens is 300 g/mol. The Hall–Kier alpha value is -1.55. The van der Waals surface area contributed by atoms with E-state index in [1.54, 1.807) is 0 Å². The van der Waals surface area contributed by atoms with Crippen LogP contribution in [0.15, 0.2) is 30.3 Å². The highest BCUT2D eigenvalue weighted by Gasteiger charge is 2.46. The maximum atomic E-state index is 12.3. The summed E-state index contributed by atoms with van der Waals surface area (Å²) in [7, 11) is 0. The molecule has 134 valence electrons. The second kappa shape index (κ2) is 7.56. The molecule has 1 aliphatic rings. The number of hydrogen-bond donors (Lipinski definition) is 2. The van der Waals surface area contributed by atoms with Gasteiger partial charge < -0.3 is 15.4 Å². The number of nitrogens with one attached hydrogen (secondary N) is 2. The molecule has 2 N–H and O–H groups in total. The van der Waals surface area contributed by atoms with Gasteiger partial charge in [-0.25, -0.2) is 4.79 Å². The second-order valence-electron chi connectivity index (χ2n) is 7.62. The molecule has 0 aliphatic carbocycles. The van der Waals surface area contributed by atoms with E-state index in [9.17, 15) is 4.79 Å². The molecule has 1 heterocycles. The van der Waals surface area contributed by atoms with Crippen LogP contribution in [0.1, 0.15) is 59.4 Å². The molecule has 1 aromatic carbocycles. The highest BCUT2D eigenvalue weighted by atomic mass is 16.5. The summed E-state index contributed by atoms with van der Waals surface area (Å²) in [6.07, 6.45) is 2.66. The molecular formula is C20H32N2O2. The number of ether oxygens (including phenoxy) is 1. The van der Waals surface area contributed by atoms with Crippen molar-refractivity contribution in [3.63, 3.8) is 0 Å². The molecule has 1 aromatic rings. The number of carbonyl (C=O) groups excluding carboxylic acids is 1. The SMILES string of the molecule is CCC1(C)CC(NC(=O)OCc2ccccc2)C(C)C(C)(CC)N1. The Morgan fingerprint density at radius 2 is 1.92 bits per heavy atom. The molecule has 4 unspecified atom stereocenters. The van der Waals surface area contributed by atoms with Crippen molar-refractivity contribution in [2.75, 3.05) is 0 Å². The van der Waals surface area contributed by atoms with E-state index < -0.39 is 0 Å². The van der Waals surface area contributed by atoms with Crippen LogP contribution in [-0.2, 0) is 11.3 Å². The zero-order valence-electron chi connectivity index (χ0n) is 15.7. The molecule has 0 bridgehead atoms. The molecule has 1 amide bonds. The average molecular weight is 332 g/mol. The van der Waals surface area contributed by atoms with Crippen LogP contribution in [0.3, 0.4) is 0 Å². The molecule has 0 aromatic heterocycles. The van der Waals surface area contributed by atoms with E-state index in [2.05, 4.69) is 45.3 Å². The Morgan fingerprint density at radius 3 is 2.50 bits per heavy atom. The van der Waals surface area contributed by atoms with Gasteiger partial charge in [0.2, 0.25) is 0 Å². The molecule has 24 heavy (non-hydrogen) atoms. The summed E-state index contributed by atoms with van der Waals surface area (Å²) in [5.74, 6) is 0.339. The van der Waals surface area contributed by atoms with Crippen molar-refractivity contribution in [2.24, 2.45) is 5.92 Å². The average Bonchev–Trinajstić information content (AvgIpc) is 2.58. The van der Waals surface area contributed by atoms with Gasteiger partial charge in [-0.05, 0) is 44.6 Å². The lowest BCUT2D eigenvalue weighted by molar-refractivity contribution is 0.0532. The third-order valence-corrected chi connectivity index (χ3v) is 5.90. The predicted molar refractivity (Wildman–Crippen MR) is 97.9 cm³/mol. The summed E-state index contributed by atoms with van der Waals surface area (Å²) in [5, 5.41) is 6.94. The largest absolute Gasteiger partial charge is 0.445 e. The topological polar surface area (TPSA) is 50.4 Å². The zero-order valence-corrected chi connectivity index (χ0v) is 15.7. The van der Waals surface area contributed by atoms with E-state index in [0.29, 0.717) is 12.5 Å². The van der Waals surface area contributed by atoms with Gasteiger partial charge in [-0.3, -0.25) is 0 Å². The Balaban J connectivity index is 1.99. The monoisotopic (exact) mass is 332 g/mol. The molecule has 1 aliphatic heterocycles. The first-order valence-corrected chi connectivity index (χ1v) is 9.08. The van der Waals surface area contributed by atoms with Crippen LogP contribution in [-0.4, -0.2) is 23.2 Å². The van der Waals surface area contributed by atoms with E-state index in [0.717, 1.165) is 24.8 Å². The lowest BCUT2D eigenvalue weighted by Crippen LogP contribution is -2.68. The number of amides is 1. The molecule has 2 rings (SSSR count). The maximum absolute atomic E-state index is 12.3. The molecule has 0 spiro atoms. The van der Waals surface area contributed by atoms with Crippen LogP contribution in [0.4, 0.5) is 4.79 Å². The van der Waals surface area contributed by atoms with Crippen molar-refractivity contribution in [1.29, 1.82) is 0 Å². The fourth-order valence-corrected chi connectivity index (χ4v) is 3.70. The van der Waals surface area contributed by atoms with Gasteiger partial charge in [0, 0.05) is 17.1 Å². The minimum Gasteiger partial charge on any atom is -0.445 e. The fraction of sp³-hybridized carbons (Fsp3) is 0.650. The molecule has 4 heteroatoms. The van der Waals surface area contributed by atoms with E-state index in [1.807, 2.05) is 30.3 Å². The van der Waals surface area contributed by atoms with Gasteiger partial charge in [-0.15, -0.1) is 0 Å². The van der Waals surface area contributed by atoms with E-state index in [4.69, 9.17) is 4.74 Å². The van der Waals surface area contributed by atoms with Gasteiger partial charge in [0.15, 0.2) is 0 Å². The first-order valence-electron chi connectivity index (χ1n) is 9.08. The van der Waals surface area contributed by atoms with Crippen LogP contribution >= 0.6 is 0 Å². The third-order valence-electron chi connectivity index (χ3n) is 5.90. The number of carbonyl (C=O) groups is 1. The Morgan fingerprint density at radius 1 is 1.25 bits per heavy atom. The minimum absolute atomic E-state index is 0.0143. The van der Waals surface area contributed by atoms with Crippen molar-refractivity contribution < 1.29 is 9.53 Å². The number of benzene rings is 1. The Labute approximate surface area is 146 Å². The van der Waals surface area contributed by atoms with Crippen molar-refractivity contribution in [2.45, 2.75) is 77.6 Å². The van der Waals surface area contributed by atoms with E-state index in [1.165, 1.54) is 0 Å². The van der Waals surface area contributed by atoms with E-state index >= 15 is 0 Å². The summed E-state index contributed by atoms with van der Waals surface area (Å²) in [4.78, 5) is 12.3. The summed E-state index contributed by atoms with van der Waals surface area (Å²) in [5.41, 5.74) is 1.05. The summed E-state index contributed by atoms with van der Waals surface area (Å²) in [6.45, 7) is 11.4. The first-order chi connectivity index (χ1) is 11.3. The van der Waals surface area contributed by atoms with Crippen LogP contribution < -0.4 is 10.6 Å². The van der Waals surface area contributed by atoms with Crippen LogP contribution in [0.25, 0.3) is 0 Å². The molecule has 0 radical (unpaired) electrons. The highest BCUT2D eigenvalue weighted by molar-refractivity contribution is 5.67. The lowest BCUT2D eigenvalue weighted by atomic mass is 9.69. The van der Waals surface area contributed by atoms with Crippen molar-refractivity contribution in [1.82, 2.24) is 10.6 Å². The minimum atomic E-state index is -0.325. The molecule has 4 atom stereocenters. The quantitative estimate of drug-likeness (QED) is 0.847. The van der Waals surface area contributed by atoms with Gasteiger partial charge in [-0.1, -0.05) is 51.1 Å². The Bertz CT molecular complexity index is 548. The van der Waals surface area contributed by atoms with Gasteiger partial charge in [-0.2, -0.15) is 0 Å². The normalized spacial score (nSPS) is 33.0. The standard InChI is InChI=1S/C20H32N2O2/c1-6-19(4)13-17(15(3)20(5,7-2)22-19)21-18(23)24-14-16-11-9-8-10-12-16/h8-12,15,17,22H,6-7,13-14H2,1-5H3,(H,21,23). The van der Waals surface area contributed by atoms with Crippen molar-refractivity contribution in [3.8, 4) is 0 Å². The van der Waals surface area contributed by atoms with Crippen molar-refractivity contribution in [3.05, 3.63) is 35.9 Å². The Kier molecular flexibility index (Phi) is 5.92. The summed E-state index contributed by atoms with van der Waals surface area (Å²) < 4.78 is 5.41. The second-order valence-corrected chi connectivity index (χ2v) is 7.62. The number of alkyl carbamates (subject to hydrolysis) is 1. The molecule has 1 fully saturated rings. The van der Waals surface area contributed by atoms with Crippen LogP contribution in [0, 0.1) is 5.92 Å². The number of hydrogen-bond acceptors (Lipinski definition) is 3. The number of piperidine rings is 1. The van der Waals surface area contributed by atoms with Crippen LogP contribution in [0.2, 0.25) is 0 Å². The van der Waals surface area contributed by atoms with E-state index in [-0.39, 0.29) is 23.2 Å². The predicted octanol–water partition coefficient (Wildman–Crippen LogP) is 4.25. The summed E-state index contributed by atoms with van der Waals surface area (Å²) in [6, 6.07) is 9.89. The first kappa shape index (κ1) is 18.8.